The van der Waals surface area contributed by atoms with Crippen LogP contribution in [0.1, 0.15) is 38.7 Å². The molecule has 122 valence electrons. The van der Waals surface area contributed by atoms with Gasteiger partial charge in [0.2, 0.25) is 0 Å². The highest BCUT2D eigenvalue weighted by atomic mass is 127. The van der Waals surface area contributed by atoms with Crippen LogP contribution in [0.5, 0.6) is 0 Å². The van der Waals surface area contributed by atoms with Crippen molar-refractivity contribution in [2.45, 2.75) is 44.6 Å². The highest BCUT2D eigenvalue weighted by Crippen LogP contribution is 2.48. The van der Waals surface area contributed by atoms with Crippen molar-refractivity contribution in [3.63, 3.8) is 0 Å². The molecule has 2 atom stereocenters. The van der Waals surface area contributed by atoms with Crippen LogP contribution in [0.4, 0.5) is 4.39 Å². The maximum Gasteiger partial charge on any atom is 0.191 e. The first-order valence-electron chi connectivity index (χ1n) is 7.94. The first-order valence-corrected chi connectivity index (χ1v) is 7.94. The Morgan fingerprint density at radius 3 is 2.45 bits per heavy atom. The monoisotopic (exact) mass is 417 g/mol. The molecule has 0 radical (unpaired) electrons. The van der Waals surface area contributed by atoms with E-state index in [4.69, 9.17) is 4.99 Å². The summed E-state index contributed by atoms with van der Waals surface area (Å²) in [5.74, 6) is 1.50. The van der Waals surface area contributed by atoms with Crippen LogP contribution in [-0.4, -0.2) is 25.1 Å². The smallest absolute Gasteiger partial charge is 0.191 e. The topological polar surface area (TPSA) is 36.4 Å². The summed E-state index contributed by atoms with van der Waals surface area (Å²) in [6.45, 7) is 5.98. The van der Waals surface area contributed by atoms with E-state index in [-0.39, 0.29) is 35.2 Å². The molecule has 2 unspecified atom stereocenters. The first kappa shape index (κ1) is 17.5. The summed E-state index contributed by atoms with van der Waals surface area (Å²) in [4.78, 5) is 4.76. The molecule has 0 aromatic heterocycles. The standard InChI is InChI=1S/C17H24FN3.HI/c1-3-19-16(21-15-10-12(15)2)20-11-17(8-9-17)13-4-6-14(18)7-5-13;/h4-7,12,15H,3,8-11H2,1-2H3,(H2,19,20,21);1H. The molecule has 2 saturated carbocycles. The highest BCUT2D eigenvalue weighted by molar-refractivity contribution is 14.0. The SMILES string of the molecule is CCNC(=NCC1(c2ccc(F)cc2)CC1)NC1CC1C.I. The van der Waals surface area contributed by atoms with Gasteiger partial charge in [0.15, 0.2) is 5.96 Å². The van der Waals surface area contributed by atoms with E-state index in [9.17, 15) is 4.39 Å². The predicted octanol–water partition coefficient (Wildman–Crippen LogP) is 3.44. The van der Waals surface area contributed by atoms with Gasteiger partial charge in [-0.3, -0.25) is 4.99 Å². The normalized spacial score (nSPS) is 25.1. The summed E-state index contributed by atoms with van der Waals surface area (Å²) >= 11 is 0. The van der Waals surface area contributed by atoms with Gasteiger partial charge in [0.1, 0.15) is 5.82 Å². The largest absolute Gasteiger partial charge is 0.357 e. The van der Waals surface area contributed by atoms with E-state index >= 15 is 0 Å². The summed E-state index contributed by atoms with van der Waals surface area (Å²) < 4.78 is 13.0. The number of guanidine groups is 1. The van der Waals surface area contributed by atoms with Crippen molar-refractivity contribution in [2.24, 2.45) is 10.9 Å². The molecule has 2 N–H and O–H groups in total. The van der Waals surface area contributed by atoms with Crippen LogP contribution in [-0.2, 0) is 5.41 Å². The van der Waals surface area contributed by atoms with E-state index in [0.29, 0.717) is 6.04 Å². The molecular formula is C17H25FIN3. The fraction of sp³-hybridized carbons (Fsp3) is 0.588. The van der Waals surface area contributed by atoms with Crippen LogP contribution in [0.25, 0.3) is 0 Å². The second-order valence-electron chi connectivity index (χ2n) is 6.45. The molecule has 0 heterocycles. The second kappa shape index (κ2) is 7.15. The number of halogens is 2. The van der Waals surface area contributed by atoms with Crippen molar-refractivity contribution in [3.05, 3.63) is 35.6 Å². The van der Waals surface area contributed by atoms with Crippen LogP contribution in [0.3, 0.4) is 0 Å². The Hall–Kier alpha value is -0.850. The molecule has 2 fully saturated rings. The van der Waals surface area contributed by atoms with Crippen LogP contribution in [0.2, 0.25) is 0 Å². The van der Waals surface area contributed by atoms with Crippen LogP contribution in [0.15, 0.2) is 29.3 Å². The summed E-state index contributed by atoms with van der Waals surface area (Å²) in [7, 11) is 0. The van der Waals surface area contributed by atoms with Gasteiger partial charge in [-0.25, -0.2) is 4.39 Å². The lowest BCUT2D eigenvalue weighted by Crippen LogP contribution is -2.39. The van der Waals surface area contributed by atoms with Gasteiger partial charge in [0.25, 0.3) is 0 Å². The molecule has 2 aliphatic rings. The summed E-state index contributed by atoms with van der Waals surface area (Å²) in [6, 6.07) is 7.48. The molecule has 1 aromatic rings. The number of aliphatic imine (C=N–C) groups is 1. The molecule has 0 spiro atoms. The van der Waals surface area contributed by atoms with Crippen LogP contribution in [0, 0.1) is 11.7 Å². The molecule has 1 aromatic carbocycles. The molecule has 2 aliphatic carbocycles. The van der Waals surface area contributed by atoms with E-state index < -0.39 is 0 Å². The maximum absolute atomic E-state index is 13.0. The van der Waals surface area contributed by atoms with Crippen LogP contribution >= 0.6 is 24.0 Å². The molecule has 3 rings (SSSR count). The Bertz CT molecular complexity index is 525. The van der Waals surface area contributed by atoms with Gasteiger partial charge in [-0.2, -0.15) is 0 Å². The Labute approximate surface area is 149 Å². The number of benzene rings is 1. The third-order valence-corrected chi connectivity index (χ3v) is 4.63. The van der Waals surface area contributed by atoms with Gasteiger partial charge in [-0.15, -0.1) is 24.0 Å². The third-order valence-electron chi connectivity index (χ3n) is 4.63. The van der Waals surface area contributed by atoms with Gasteiger partial charge in [-0.05, 0) is 49.8 Å². The zero-order valence-electron chi connectivity index (χ0n) is 13.2. The molecule has 22 heavy (non-hydrogen) atoms. The average molecular weight is 417 g/mol. The fourth-order valence-corrected chi connectivity index (χ4v) is 2.74. The molecular weight excluding hydrogens is 392 g/mol. The molecule has 0 saturated heterocycles. The lowest BCUT2D eigenvalue weighted by atomic mass is 9.96. The Morgan fingerprint density at radius 1 is 1.32 bits per heavy atom. The highest BCUT2D eigenvalue weighted by Gasteiger charge is 2.44. The van der Waals surface area contributed by atoms with E-state index in [1.807, 2.05) is 12.1 Å². The van der Waals surface area contributed by atoms with Gasteiger partial charge in [-0.1, -0.05) is 19.1 Å². The number of hydrogen-bond acceptors (Lipinski definition) is 1. The Balaban J connectivity index is 0.00000176. The molecule has 0 bridgehead atoms. The van der Waals surface area contributed by atoms with Crippen LogP contribution < -0.4 is 10.6 Å². The van der Waals surface area contributed by atoms with E-state index in [0.717, 1.165) is 37.8 Å². The van der Waals surface area contributed by atoms with Crippen molar-refractivity contribution in [1.82, 2.24) is 10.6 Å². The predicted molar refractivity (Wildman–Crippen MR) is 99.4 cm³/mol. The zero-order valence-corrected chi connectivity index (χ0v) is 15.6. The Morgan fingerprint density at radius 2 is 1.95 bits per heavy atom. The third kappa shape index (κ3) is 4.12. The van der Waals surface area contributed by atoms with Gasteiger partial charge < -0.3 is 10.6 Å². The number of hydrogen-bond donors (Lipinski definition) is 2. The van der Waals surface area contributed by atoms with Gasteiger partial charge in [0, 0.05) is 18.0 Å². The summed E-state index contributed by atoms with van der Waals surface area (Å²) in [5.41, 5.74) is 1.34. The number of rotatable bonds is 5. The average Bonchev–Trinajstić information content (AvgIpc) is 3.37. The van der Waals surface area contributed by atoms with Gasteiger partial charge >= 0.3 is 0 Å². The number of nitrogens with zero attached hydrogens (tertiary/aromatic N) is 1. The minimum absolute atomic E-state index is 0. The van der Waals surface area contributed by atoms with E-state index in [2.05, 4.69) is 24.5 Å². The minimum atomic E-state index is -0.171. The van der Waals surface area contributed by atoms with Crippen molar-refractivity contribution >= 4 is 29.9 Å². The van der Waals surface area contributed by atoms with Crippen molar-refractivity contribution < 1.29 is 4.39 Å². The lowest BCUT2D eigenvalue weighted by molar-refractivity contribution is 0.623. The van der Waals surface area contributed by atoms with E-state index in [1.54, 1.807) is 12.1 Å². The first-order chi connectivity index (χ1) is 10.1. The molecule has 0 aliphatic heterocycles. The molecule has 3 nitrogen and oxygen atoms in total. The van der Waals surface area contributed by atoms with Crippen molar-refractivity contribution in [3.8, 4) is 0 Å². The maximum atomic E-state index is 13.0. The molecule has 0 amide bonds. The lowest BCUT2D eigenvalue weighted by Gasteiger charge is -2.16. The van der Waals surface area contributed by atoms with E-state index in [1.165, 1.54) is 12.0 Å². The zero-order chi connectivity index (χ0) is 14.9. The number of nitrogens with one attached hydrogen (secondary N) is 2. The molecule has 5 heteroatoms. The summed E-state index contributed by atoms with van der Waals surface area (Å²) in [5, 5.41) is 6.80. The Kier molecular flexibility index (Phi) is 5.69. The summed E-state index contributed by atoms with van der Waals surface area (Å²) in [6.07, 6.45) is 3.51. The quantitative estimate of drug-likeness (QED) is 0.438. The van der Waals surface area contributed by atoms with Crippen molar-refractivity contribution in [1.29, 1.82) is 0 Å². The van der Waals surface area contributed by atoms with Gasteiger partial charge in [0.05, 0.1) is 6.54 Å². The second-order valence-corrected chi connectivity index (χ2v) is 6.45. The van der Waals surface area contributed by atoms with Crippen molar-refractivity contribution in [2.75, 3.05) is 13.1 Å². The minimum Gasteiger partial charge on any atom is -0.357 e. The fourth-order valence-electron chi connectivity index (χ4n) is 2.74.